The molecule has 2 amide bonds. The number of nitrogens with one attached hydrogen (secondary N) is 1. The van der Waals surface area contributed by atoms with E-state index < -0.39 is 6.04 Å². The summed E-state index contributed by atoms with van der Waals surface area (Å²) in [6.07, 6.45) is 0.238. The molecule has 5 nitrogen and oxygen atoms in total. The van der Waals surface area contributed by atoms with E-state index in [2.05, 4.69) is 5.32 Å². The Kier molecular flexibility index (Phi) is 8.53. The summed E-state index contributed by atoms with van der Waals surface area (Å²) in [6, 6.07) is 28.3. The van der Waals surface area contributed by atoms with Crippen molar-refractivity contribution >= 4 is 23.2 Å². The molecule has 0 radical (unpaired) electrons. The second-order valence-electron chi connectivity index (χ2n) is 8.59. The quantitative estimate of drug-likeness (QED) is 0.305. The van der Waals surface area contributed by atoms with E-state index in [0.717, 1.165) is 32.9 Å². The van der Waals surface area contributed by atoms with Crippen LogP contribution in [0, 0.1) is 6.92 Å². The molecule has 0 aliphatic rings. The van der Waals surface area contributed by atoms with Crippen LogP contribution >= 0.6 is 11.3 Å². The minimum absolute atomic E-state index is 0.101. The van der Waals surface area contributed by atoms with Gasteiger partial charge in [0.2, 0.25) is 11.8 Å². The van der Waals surface area contributed by atoms with E-state index in [4.69, 9.17) is 4.74 Å². The summed E-state index contributed by atoms with van der Waals surface area (Å²) in [5.74, 6) is 0.434. The fourth-order valence-electron chi connectivity index (χ4n) is 4.14. The normalized spacial score (nSPS) is 11.5. The first kappa shape index (κ1) is 25.2. The van der Waals surface area contributed by atoms with Crippen LogP contribution in [0.15, 0.2) is 96.4 Å². The highest BCUT2D eigenvalue weighted by Gasteiger charge is 2.32. The average molecular weight is 499 g/mol. The lowest BCUT2D eigenvalue weighted by Crippen LogP contribution is -2.44. The van der Waals surface area contributed by atoms with E-state index in [1.54, 1.807) is 23.3 Å². The number of amides is 2. The SMILES string of the molecule is COc1ccc(CN(C(=O)Cc2cccs2)[C@@H](C(=O)NCc2ccccc2)c2ccccc2C)cc1. The van der Waals surface area contributed by atoms with Gasteiger partial charge in [-0.1, -0.05) is 72.8 Å². The first-order valence-electron chi connectivity index (χ1n) is 11.9. The molecule has 3 aromatic carbocycles. The molecule has 36 heavy (non-hydrogen) atoms. The Labute approximate surface area is 216 Å². The average Bonchev–Trinajstić information content (AvgIpc) is 3.42. The van der Waals surface area contributed by atoms with Crippen LogP contribution in [0.5, 0.6) is 5.75 Å². The van der Waals surface area contributed by atoms with Crippen molar-refractivity contribution in [3.63, 3.8) is 0 Å². The van der Waals surface area contributed by atoms with Crippen molar-refractivity contribution in [2.75, 3.05) is 7.11 Å². The van der Waals surface area contributed by atoms with Crippen molar-refractivity contribution in [3.8, 4) is 5.75 Å². The molecule has 0 aliphatic carbocycles. The first-order chi connectivity index (χ1) is 17.5. The third-order valence-electron chi connectivity index (χ3n) is 6.09. The van der Waals surface area contributed by atoms with Gasteiger partial charge in [-0.25, -0.2) is 0 Å². The maximum Gasteiger partial charge on any atom is 0.247 e. The van der Waals surface area contributed by atoms with Crippen LogP contribution in [0.1, 0.15) is 33.2 Å². The molecule has 0 unspecified atom stereocenters. The molecule has 0 saturated carbocycles. The molecule has 1 heterocycles. The number of hydrogen-bond acceptors (Lipinski definition) is 4. The van der Waals surface area contributed by atoms with Crippen molar-refractivity contribution in [2.45, 2.75) is 32.5 Å². The maximum absolute atomic E-state index is 13.8. The molecule has 1 N–H and O–H groups in total. The molecule has 1 aromatic heterocycles. The highest BCUT2D eigenvalue weighted by molar-refractivity contribution is 7.10. The number of ether oxygens (including phenoxy) is 1. The van der Waals surface area contributed by atoms with Gasteiger partial charge in [-0.2, -0.15) is 0 Å². The van der Waals surface area contributed by atoms with Crippen LogP contribution in [-0.4, -0.2) is 23.8 Å². The molecule has 4 aromatic rings. The monoisotopic (exact) mass is 498 g/mol. The van der Waals surface area contributed by atoms with Gasteiger partial charge >= 0.3 is 0 Å². The van der Waals surface area contributed by atoms with E-state index in [1.165, 1.54) is 0 Å². The lowest BCUT2D eigenvalue weighted by atomic mass is 9.97. The number of carbonyl (C=O) groups is 2. The Morgan fingerprint density at radius 1 is 0.889 bits per heavy atom. The minimum Gasteiger partial charge on any atom is -0.497 e. The lowest BCUT2D eigenvalue weighted by Gasteiger charge is -2.32. The number of methoxy groups -OCH3 is 1. The van der Waals surface area contributed by atoms with Crippen LogP contribution in [-0.2, 0) is 29.1 Å². The Morgan fingerprint density at radius 3 is 2.28 bits per heavy atom. The third kappa shape index (κ3) is 6.40. The summed E-state index contributed by atoms with van der Waals surface area (Å²) >= 11 is 1.54. The van der Waals surface area contributed by atoms with Crippen LogP contribution in [0.2, 0.25) is 0 Å². The van der Waals surface area contributed by atoms with E-state index >= 15 is 0 Å². The topological polar surface area (TPSA) is 58.6 Å². The number of thiophene rings is 1. The van der Waals surface area contributed by atoms with Gasteiger partial charge in [0.05, 0.1) is 13.5 Å². The van der Waals surface area contributed by atoms with Crippen molar-refractivity contribution < 1.29 is 14.3 Å². The summed E-state index contributed by atoms with van der Waals surface area (Å²) in [5.41, 5.74) is 3.70. The van der Waals surface area contributed by atoms with Crippen molar-refractivity contribution in [1.82, 2.24) is 10.2 Å². The van der Waals surface area contributed by atoms with Gasteiger partial charge in [0.25, 0.3) is 0 Å². The first-order valence-corrected chi connectivity index (χ1v) is 12.7. The molecule has 0 saturated heterocycles. The van der Waals surface area contributed by atoms with Gasteiger partial charge in [-0.05, 0) is 52.8 Å². The number of rotatable bonds is 10. The van der Waals surface area contributed by atoms with Crippen LogP contribution in [0.3, 0.4) is 0 Å². The number of benzene rings is 3. The standard InChI is InChI=1S/C30H30N2O3S/c1-22-9-6-7-13-27(22)29(30(34)31-20-23-10-4-3-5-11-23)32(28(33)19-26-12-8-18-36-26)21-24-14-16-25(35-2)17-15-24/h3-18,29H,19-21H2,1-2H3,(H,31,34)/t29-/m1/s1. The zero-order valence-corrected chi connectivity index (χ0v) is 21.3. The van der Waals surface area contributed by atoms with E-state index in [-0.39, 0.29) is 18.2 Å². The summed E-state index contributed by atoms with van der Waals surface area (Å²) in [7, 11) is 1.62. The second-order valence-corrected chi connectivity index (χ2v) is 9.62. The highest BCUT2D eigenvalue weighted by atomic mass is 32.1. The zero-order valence-electron chi connectivity index (χ0n) is 20.5. The molecule has 1 atom stereocenters. The minimum atomic E-state index is -0.774. The Balaban J connectivity index is 1.69. The van der Waals surface area contributed by atoms with Crippen molar-refractivity contribution in [2.24, 2.45) is 0 Å². The maximum atomic E-state index is 13.8. The number of carbonyl (C=O) groups excluding carboxylic acids is 2. The Morgan fingerprint density at radius 2 is 1.61 bits per heavy atom. The molecule has 184 valence electrons. The van der Waals surface area contributed by atoms with Gasteiger partial charge < -0.3 is 15.0 Å². The van der Waals surface area contributed by atoms with Gasteiger partial charge in [-0.15, -0.1) is 11.3 Å². The molecule has 6 heteroatoms. The number of hydrogen-bond donors (Lipinski definition) is 1. The smallest absolute Gasteiger partial charge is 0.247 e. The predicted octanol–water partition coefficient (Wildman–Crippen LogP) is 5.69. The Hall–Kier alpha value is -3.90. The largest absolute Gasteiger partial charge is 0.497 e. The molecule has 0 fully saturated rings. The second kappa shape index (κ2) is 12.2. The van der Waals surface area contributed by atoms with Crippen molar-refractivity contribution in [1.29, 1.82) is 0 Å². The Bertz CT molecular complexity index is 1270. The van der Waals surface area contributed by atoms with Gasteiger partial charge in [-0.3, -0.25) is 9.59 Å². The molecule has 0 aliphatic heterocycles. The third-order valence-corrected chi connectivity index (χ3v) is 6.97. The van der Waals surface area contributed by atoms with Gasteiger partial charge in [0, 0.05) is 18.0 Å². The van der Waals surface area contributed by atoms with E-state index in [9.17, 15) is 9.59 Å². The lowest BCUT2D eigenvalue weighted by molar-refractivity contribution is -0.141. The van der Waals surface area contributed by atoms with E-state index in [0.29, 0.717) is 13.1 Å². The summed E-state index contributed by atoms with van der Waals surface area (Å²) < 4.78 is 5.29. The van der Waals surface area contributed by atoms with Crippen molar-refractivity contribution in [3.05, 3.63) is 124 Å². The summed E-state index contributed by atoms with van der Waals surface area (Å²) in [4.78, 5) is 30.2. The molecule has 4 rings (SSSR count). The predicted molar refractivity (Wildman–Crippen MR) is 144 cm³/mol. The van der Waals surface area contributed by atoms with Crippen LogP contribution < -0.4 is 10.1 Å². The molecule has 0 bridgehead atoms. The fourth-order valence-corrected chi connectivity index (χ4v) is 4.84. The fraction of sp³-hybridized carbons (Fsp3) is 0.200. The van der Waals surface area contributed by atoms with Crippen LogP contribution in [0.4, 0.5) is 0 Å². The van der Waals surface area contributed by atoms with Gasteiger partial charge in [0.1, 0.15) is 11.8 Å². The summed E-state index contributed by atoms with van der Waals surface area (Å²) in [5, 5.41) is 5.03. The molecular formula is C30H30N2O3S. The van der Waals surface area contributed by atoms with Gasteiger partial charge in [0.15, 0.2) is 0 Å². The zero-order chi connectivity index (χ0) is 25.3. The van der Waals surface area contributed by atoms with E-state index in [1.807, 2.05) is 103 Å². The number of nitrogens with zero attached hydrogens (tertiary/aromatic N) is 1. The highest BCUT2D eigenvalue weighted by Crippen LogP contribution is 2.28. The molecular weight excluding hydrogens is 468 g/mol. The molecule has 0 spiro atoms. The summed E-state index contributed by atoms with van der Waals surface area (Å²) in [6.45, 7) is 2.66. The van der Waals surface area contributed by atoms with Crippen LogP contribution in [0.25, 0.3) is 0 Å². The number of aryl methyl sites for hydroxylation is 1.